The Hall–Kier alpha value is -0.610. The van der Waals surface area contributed by atoms with Gasteiger partial charge < -0.3 is 5.32 Å². The lowest BCUT2D eigenvalue weighted by molar-refractivity contribution is 0.500. The van der Waals surface area contributed by atoms with Crippen molar-refractivity contribution >= 4 is 11.8 Å². The van der Waals surface area contributed by atoms with Crippen LogP contribution in [0.2, 0.25) is 0 Å². The van der Waals surface area contributed by atoms with Gasteiger partial charge in [0, 0.05) is 23.7 Å². The van der Waals surface area contributed by atoms with Crippen LogP contribution in [0.25, 0.3) is 0 Å². The Labute approximate surface area is 114 Å². The van der Waals surface area contributed by atoms with Gasteiger partial charge >= 0.3 is 0 Å². The van der Waals surface area contributed by atoms with Gasteiger partial charge in [0.15, 0.2) is 5.16 Å². The molecule has 0 amide bonds. The standard InChI is InChI=1S/C14H23N3S/c1-11-9-12(2)17-14(16-11)18-8-7-15-10-13-5-3-4-6-13/h9,13,15H,3-8,10H2,1-2H3. The molecule has 1 fully saturated rings. The molecule has 0 bridgehead atoms. The topological polar surface area (TPSA) is 37.8 Å². The van der Waals surface area contributed by atoms with Crippen molar-refractivity contribution in [3.05, 3.63) is 17.5 Å². The van der Waals surface area contributed by atoms with E-state index < -0.39 is 0 Å². The number of hydrogen-bond donors (Lipinski definition) is 1. The van der Waals surface area contributed by atoms with Gasteiger partial charge in [-0.1, -0.05) is 24.6 Å². The van der Waals surface area contributed by atoms with Crippen molar-refractivity contribution in [2.75, 3.05) is 18.8 Å². The molecule has 2 rings (SSSR count). The molecule has 1 aromatic heterocycles. The van der Waals surface area contributed by atoms with Gasteiger partial charge in [-0.05, 0) is 45.2 Å². The first-order chi connectivity index (χ1) is 8.74. The van der Waals surface area contributed by atoms with Crippen LogP contribution in [0, 0.1) is 19.8 Å². The molecule has 0 aliphatic heterocycles. The minimum atomic E-state index is 0.912. The zero-order valence-corrected chi connectivity index (χ0v) is 12.2. The molecule has 0 atom stereocenters. The summed E-state index contributed by atoms with van der Waals surface area (Å²) in [5, 5.41) is 4.46. The highest BCUT2D eigenvalue weighted by Crippen LogP contribution is 2.23. The van der Waals surface area contributed by atoms with Crippen LogP contribution in [0.15, 0.2) is 11.2 Å². The molecule has 0 aromatic carbocycles. The van der Waals surface area contributed by atoms with Crippen LogP contribution < -0.4 is 5.32 Å². The van der Waals surface area contributed by atoms with Crippen molar-refractivity contribution in [1.82, 2.24) is 15.3 Å². The third-order valence-electron chi connectivity index (χ3n) is 3.38. The average molecular weight is 265 g/mol. The molecule has 4 heteroatoms. The molecular formula is C14H23N3S. The van der Waals surface area contributed by atoms with Crippen molar-refractivity contribution < 1.29 is 0 Å². The van der Waals surface area contributed by atoms with Gasteiger partial charge in [-0.2, -0.15) is 0 Å². The molecule has 1 aliphatic rings. The van der Waals surface area contributed by atoms with Crippen LogP contribution >= 0.6 is 11.8 Å². The number of aryl methyl sites for hydroxylation is 2. The molecule has 18 heavy (non-hydrogen) atoms. The summed E-state index contributed by atoms with van der Waals surface area (Å²) in [4.78, 5) is 8.87. The second-order valence-electron chi connectivity index (χ2n) is 5.14. The predicted octanol–water partition coefficient (Wildman–Crippen LogP) is 2.97. The van der Waals surface area contributed by atoms with Crippen molar-refractivity contribution in [2.45, 2.75) is 44.7 Å². The van der Waals surface area contributed by atoms with Crippen LogP contribution in [-0.2, 0) is 0 Å². The maximum absolute atomic E-state index is 4.43. The summed E-state index contributed by atoms with van der Waals surface area (Å²) in [7, 11) is 0. The van der Waals surface area contributed by atoms with E-state index in [2.05, 4.69) is 15.3 Å². The Bertz CT molecular complexity index is 355. The third kappa shape index (κ3) is 4.58. The lowest BCUT2D eigenvalue weighted by atomic mass is 10.1. The number of hydrogen-bond acceptors (Lipinski definition) is 4. The van der Waals surface area contributed by atoms with Crippen LogP contribution in [0.4, 0.5) is 0 Å². The van der Waals surface area contributed by atoms with Gasteiger partial charge in [-0.15, -0.1) is 0 Å². The molecule has 1 N–H and O–H groups in total. The Morgan fingerprint density at radius 1 is 1.22 bits per heavy atom. The molecule has 1 heterocycles. The normalized spacial score (nSPS) is 16.3. The number of nitrogens with one attached hydrogen (secondary N) is 1. The summed E-state index contributed by atoms with van der Waals surface area (Å²) in [5.41, 5.74) is 2.12. The Morgan fingerprint density at radius 2 is 1.89 bits per heavy atom. The molecule has 0 unspecified atom stereocenters. The molecule has 0 radical (unpaired) electrons. The van der Waals surface area contributed by atoms with Gasteiger partial charge in [-0.3, -0.25) is 0 Å². The molecule has 1 aliphatic carbocycles. The van der Waals surface area contributed by atoms with Crippen molar-refractivity contribution in [3.63, 3.8) is 0 Å². The maximum atomic E-state index is 4.43. The lowest BCUT2D eigenvalue weighted by Crippen LogP contribution is -2.23. The smallest absolute Gasteiger partial charge is 0.188 e. The minimum absolute atomic E-state index is 0.912. The van der Waals surface area contributed by atoms with E-state index in [-0.39, 0.29) is 0 Å². The van der Waals surface area contributed by atoms with E-state index in [0.717, 1.165) is 34.8 Å². The summed E-state index contributed by atoms with van der Waals surface area (Å²) >= 11 is 1.75. The quantitative estimate of drug-likeness (QED) is 0.487. The van der Waals surface area contributed by atoms with Crippen LogP contribution in [0.1, 0.15) is 37.1 Å². The predicted molar refractivity (Wildman–Crippen MR) is 77.1 cm³/mol. The molecule has 1 aromatic rings. The zero-order chi connectivity index (χ0) is 12.8. The fourth-order valence-corrected chi connectivity index (χ4v) is 3.34. The molecule has 0 saturated heterocycles. The van der Waals surface area contributed by atoms with Crippen LogP contribution in [0.5, 0.6) is 0 Å². The molecule has 100 valence electrons. The first kappa shape index (κ1) is 13.8. The molecule has 0 spiro atoms. The fraction of sp³-hybridized carbons (Fsp3) is 0.714. The highest BCUT2D eigenvalue weighted by atomic mass is 32.2. The van der Waals surface area contributed by atoms with Crippen molar-refractivity contribution in [3.8, 4) is 0 Å². The Kier molecular flexibility index (Phi) is 5.45. The Morgan fingerprint density at radius 3 is 2.56 bits per heavy atom. The molecule has 1 saturated carbocycles. The summed E-state index contributed by atoms with van der Waals surface area (Å²) in [5.74, 6) is 1.97. The van der Waals surface area contributed by atoms with E-state index >= 15 is 0 Å². The highest BCUT2D eigenvalue weighted by molar-refractivity contribution is 7.99. The summed E-state index contributed by atoms with van der Waals surface area (Å²) in [6.45, 7) is 6.29. The van der Waals surface area contributed by atoms with Gasteiger partial charge in [0.05, 0.1) is 0 Å². The number of rotatable bonds is 6. The lowest BCUT2D eigenvalue weighted by Gasteiger charge is -2.10. The van der Waals surface area contributed by atoms with Crippen molar-refractivity contribution in [1.29, 1.82) is 0 Å². The fourth-order valence-electron chi connectivity index (χ4n) is 2.49. The van der Waals surface area contributed by atoms with E-state index in [4.69, 9.17) is 0 Å². The molecule has 3 nitrogen and oxygen atoms in total. The van der Waals surface area contributed by atoms with Crippen LogP contribution in [-0.4, -0.2) is 28.8 Å². The minimum Gasteiger partial charge on any atom is -0.316 e. The first-order valence-corrected chi connectivity index (χ1v) is 7.88. The number of nitrogens with zero attached hydrogens (tertiary/aromatic N) is 2. The SMILES string of the molecule is Cc1cc(C)nc(SCCNCC2CCCC2)n1. The van der Waals surface area contributed by atoms with Gasteiger partial charge in [-0.25, -0.2) is 9.97 Å². The average Bonchev–Trinajstić information content (AvgIpc) is 2.80. The summed E-state index contributed by atoms with van der Waals surface area (Å²) in [6, 6.07) is 2.02. The highest BCUT2D eigenvalue weighted by Gasteiger charge is 2.13. The maximum Gasteiger partial charge on any atom is 0.188 e. The van der Waals surface area contributed by atoms with E-state index in [0.29, 0.717) is 0 Å². The first-order valence-electron chi connectivity index (χ1n) is 6.90. The monoisotopic (exact) mass is 265 g/mol. The van der Waals surface area contributed by atoms with Gasteiger partial charge in [0.1, 0.15) is 0 Å². The number of aromatic nitrogens is 2. The second kappa shape index (κ2) is 7.10. The van der Waals surface area contributed by atoms with Gasteiger partial charge in [0.25, 0.3) is 0 Å². The molecular weight excluding hydrogens is 242 g/mol. The summed E-state index contributed by atoms with van der Waals surface area (Å²) < 4.78 is 0. The van der Waals surface area contributed by atoms with E-state index in [1.165, 1.54) is 32.2 Å². The van der Waals surface area contributed by atoms with E-state index in [9.17, 15) is 0 Å². The van der Waals surface area contributed by atoms with Crippen molar-refractivity contribution in [2.24, 2.45) is 5.92 Å². The van der Waals surface area contributed by atoms with E-state index in [1.807, 2.05) is 19.9 Å². The largest absolute Gasteiger partial charge is 0.316 e. The number of thioether (sulfide) groups is 1. The van der Waals surface area contributed by atoms with Crippen LogP contribution in [0.3, 0.4) is 0 Å². The van der Waals surface area contributed by atoms with Gasteiger partial charge in [0.2, 0.25) is 0 Å². The summed E-state index contributed by atoms with van der Waals surface area (Å²) in [6.07, 6.45) is 5.69. The zero-order valence-electron chi connectivity index (χ0n) is 11.4. The Balaban J connectivity index is 1.62. The third-order valence-corrected chi connectivity index (χ3v) is 4.23. The van der Waals surface area contributed by atoms with E-state index in [1.54, 1.807) is 11.8 Å². The second-order valence-corrected chi connectivity index (χ2v) is 6.20.